The van der Waals surface area contributed by atoms with E-state index in [0.717, 1.165) is 16.5 Å². The number of anilines is 1. The lowest BCUT2D eigenvalue weighted by Gasteiger charge is -2.15. The first-order valence-corrected chi connectivity index (χ1v) is 5.91. The highest BCUT2D eigenvalue weighted by Crippen LogP contribution is 2.33. The number of fused-ring (bicyclic) bond motifs is 1. The van der Waals surface area contributed by atoms with Crippen LogP contribution in [0, 0.1) is 6.92 Å². The summed E-state index contributed by atoms with van der Waals surface area (Å²) < 4.78 is 0. The van der Waals surface area contributed by atoms with E-state index < -0.39 is 12.0 Å². The number of aliphatic carboxylic acids is 1. The van der Waals surface area contributed by atoms with Gasteiger partial charge in [0.15, 0.2) is 0 Å². The summed E-state index contributed by atoms with van der Waals surface area (Å²) in [5.74, 6) is -0.927. The predicted octanol–water partition coefficient (Wildman–Crippen LogP) is 3.08. The topological polar surface area (TPSA) is 62.2 Å². The summed E-state index contributed by atoms with van der Waals surface area (Å²) in [5.41, 5.74) is 2.39. The van der Waals surface area contributed by atoms with E-state index in [1.54, 1.807) is 25.3 Å². The number of halogens is 1. The molecule has 1 heterocycles. The fraction of sp³-hybridized carbons (Fsp3) is 0.231. The van der Waals surface area contributed by atoms with Crippen LogP contribution in [-0.2, 0) is 4.79 Å². The number of rotatable bonds is 3. The lowest BCUT2D eigenvalue weighted by molar-refractivity contribution is -0.137. The Labute approximate surface area is 110 Å². The van der Waals surface area contributed by atoms with E-state index >= 15 is 0 Å². The number of carboxylic acids is 1. The largest absolute Gasteiger partial charge is 0.480 e. The minimum atomic E-state index is -0.927. The normalized spacial score (nSPS) is 12.4. The standard InChI is InChI=1S/C13H13ClN2O2/c1-7-6-10(14)12(16-8(2)13(17)18)9-4-3-5-15-11(7)9/h3-6,8,16H,1-2H3,(H,17,18). The average Bonchev–Trinajstić information content (AvgIpc) is 2.34. The van der Waals surface area contributed by atoms with Crippen molar-refractivity contribution in [1.82, 2.24) is 4.98 Å². The molecule has 0 aliphatic carbocycles. The molecule has 1 aromatic heterocycles. The van der Waals surface area contributed by atoms with Gasteiger partial charge in [-0.2, -0.15) is 0 Å². The Morgan fingerprint density at radius 2 is 2.28 bits per heavy atom. The van der Waals surface area contributed by atoms with Gasteiger partial charge in [0.05, 0.1) is 16.2 Å². The van der Waals surface area contributed by atoms with E-state index in [-0.39, 0.29) is 0 Å². The molecule has 0 aliphatic heterocycles. The van der Waals surface area contributed by atoms with Gasteiger partial charge in [-0.3, -0.25) is 9.78 Å². The number of hydrogen-bond acceptors (Lipinski definition) is 3. The highest BCUT2D eigenvalue weighted by molar-refractivity contribution is 6.35. The van der Waals surface area contributed by atoms with Gasteiger partial charge in [0.1, 0.15) is 6.04 Å². The van der Waals surface area contributed by atoms with Crippen LogP contribution in [-0.4, -0.2) is 22.1 Å². The van der Waals surface area contributed by atoms with Crippen molar-refractivity contribution in [3.63, 3.8) is 0 Å². The molecule has 2 aromatic rings. The fourth-order valence-electron chi connectivity index (χ4n) is 1.81. The van der Waals surface area contributed by atoms with Crippen molar-refractivity contribution in [2.75, 3.05) is 5.32 Å². The van der Waals surface area contributed by atoms with Gasteiger partial charge in [0.25, 0.3) is 0 Å². The number of pyridine rings is 1. The van der Waals surface area contributed by atoms with Crippen molar-refractivity contribution >= 4 is 34.2 Å². The van der Waals surface area contributed by atoms with Gasteiger partial charge < -0.3 is 10.4 Å². The SMILES string of the molecule is Cc1cc(Cl)c(NC(C)C(=O)O)c2cccnc12. The van der Waals surface area contributed by atoms with E-state index in [4.69, 9.17) is 16.7 Å². The molecule has 0 spiro atoms. The van der Waals surface area contributed by atoms with Crippen molar-refractivity contribution < 1.29 is 9.90 Å². The van der Waals surface area contributed by atoms with Crippen LogP contribution in [0.3, 0.4) is 0 Å². The summed E-state index contributed by atoms with van der Waals surface area (Å²) in [4.78, 5) is 15.2. The molecule has 0 saturated carbocycles. The molecule has 4 nitrogen and oxygen atoms in total. The molecule has 1 aromatic carbocycles. The number of nitrogens with zero attached hydrogens (tertiary/aromatic N) is 1. The van der Waals surface area contributed by atoms with E-state index in [0.29, 0.717) is 10.7 Å². The van der Waals surface area contributed by atoms with Crippen molar-refractivity contribution in [2.24, 2.45) is 0 Å². The fourth-order valence-corrected chi connectivity index (χ4v) is 2.13. The van der Waals surface area contributed by atoms with Crippen LogP contribution >= 0.6 is 11.6 Å². The second-order valence-electron chi connectivity index (χ2n) is 4.15. The average molecular weight is 265 g/mol. The van der Waals surface area contributed by atoms with Gasteiger partial charge in [0.2, 0.25) is 0 Å². The third kappa shape index (κ3) is 2.24. The van der Waals surface area contributed by atoms with Crippen LogP contribution in [0.15, 0.2) is 24.4 Å². The molecule has 18 heavy (non-hydrogen) atoms. The first-order chi connectivity index (χ1) is 8.50. The molecule has 5 heteroatoms. The van der Waals surface area contributed by atoms with E-state index in [9.17, 15) is 4.79 Å². The zero-order chi connectivity index (χ0) is 13.3. The number of carboxylic acid groups (broad SMARTS) is 1. The highest BCUT2D eigenvalue weighted by Gasteiger charge is 2.15. The monoisotopic (exact) mass is 264 g/mol. The molecule has 1 atom stereocenters. The van der Waals surface area contributed by atoms with Crippen molar-refractivity contribution in [3.05, 3.63) is 35.0 Å². The van der Waals surface area contributed by atoms with Gasteiger partial charge in [-0.15, -0.1) is 0 Å². The quantitative estimate of drug-likeness (QED) is 0.894. The van der Waals surface area contributed by atoms with Crippen LogP contribution in [0.5, 0.6) is 0 Å². The van der Waals surface area contributed by atoms with Crippen LogP contribution in [0.2, 0.25) is 5.02 Å². The summed E-state index contributed by atoms with van der Waals surface area (Å²) in [5, 5.41) is 13.2. The summed E-state index contributed by atoms with van der Waals surface area (Å²) >= 11 is 6.17. The summed E-state index contributed by atoms with van der Waals surface area (Å²) in [6.07, 6.45) is 1.70. The lowest BCUT2D eigenvalue weighted by atomic mass is 10.1. The van der Waals surface area contributed by atoms with Gasteiger partial charge in [-0.1, -0.05) is 11.6 Å². The van der Waals surface area contributed by atoms with Gasteiger partial charge in [-0.05, 0) is 37.6 Å². The Kier molecular flexibility index (Phi) is 3.39. The van der Waals surface area contributed by atoms with Crippen molar-refractivity contribution in [3.8, 4) is 0 Å². The molecule has 2 rings (SSSR count). The second kappa shape index (κ2) is 4.82. The molecule has 0 fully saturated rings. The first kappa shape index (κ1) is 12.6. The number of hydrogen-bond donors (Lipinski definition) is 2. The minimum Gasteiger partial charge on any atom is -0.480 e. The minimum absolute atomic E-state index is 0.501. The third-order valence-electron chi connectivity index (χ3n) is 2.76. The molecule has 94 valence electrons. The Bertz CT molecular complexity index is 613. The number of carbonyl (C=O) groups is 1. The molecule has 0 radical (unpaired) electrons. The molecule has 0 aliphatic rings. The number of nitrogens with one attached hydrogen (secondary N) is 1. The van der Waals surface area contributed by atoms with Crippen LogP contribution in [0.25, 0.3) is 10.9 Å². The van der Waals surface area contributed by atoms with Gasteiger partial charge >= 0.3 is 5.97 Å². The molecule has 1 unspecified atom stereocenters. The van der Waals surface area contributed by atoms with Crippen LogP contribution in [0.4, 0.5) is 5.69 Å². The number of benzene rings is 1. The maximum atomic E-state index is 10.9. The Morgan fingerprint density at radius 1 is 1.56 bits per heavy atom. The molecule has 2 N–H and O–H groups in total. The van der Waals surface area contributed by atoms with Crippen LogP contribution in [0.1, 0.15) is 12.5 Å². The zero-order valence-electron chi connectivity index (χ0n) is 10.1. The summed E-state index contributed by atoms with van der Waals surface area (Å²) in [6.45, 7) is 3.49. The third-order valence-corrected chi connectivity index (χ3v) is 3.06. The second-order valence-corrected chi connectivity index (χ2v) is 4.56. The molecular weight excluding hydrogens is 252 g/mol. The molecular formula is C13H13ClN2O2. The van der Waals surface area contributed by atoms with Crippen molar-refractivity contribution in [1.29, 1.82) is 0 Å². The van der Waals surface area contributed by atoms with Gasteiger partial charge in [0, 0.05) is 11.6 Å². The van der Waals surface area contributed by atoms with E-state index in [1.165, 1.54) is 0 Å². The lowest BCUT2D eigenvalue weighted by Crippen LogP contribution is -2.25. The molecule has 0 saturated heterocycles. The Balaban J connectivity index is 2.59. The number of aryl methyl sites for hydroxylation is 1. The number of aromatic nitrogens is 1. The molecule has 0 bridgehead atoms. The van der Waals surface area contributed by atoms with Gasteiger partial charge in [-0.25, -0.2) is 0 Å². The van der Waals surface area contributed by atoms with E-state index in [2.05, 4.69) is 10.3 Å². The molecule has 0 amide bonds. The Hall–Kier alpha value is -1.81. The highest BCUT2D eigenvalue weighted by atomic mass is 35.5. The Morgan fingerprint density at radius 3 is 2.94 bits per heavy atom. The summed E-state index contributed by atoms with van der Waals surface area (Å²) in [6, 6.07) is 4.74. The van der Waals surface area contributed by atoms with Crippen molar-refractivity contribution in [2.45, 2.75) is 19.9 Å². The zero-order valence-corrected chi connectivity index (χ0v) is 10.8. The smallest absolute Gasteiger partial charge is 0.325 e. The summed E-state index contributed by atoms with van der Waals surface area (Å²) in [7, 11) is 0. The maximum Gasteiger partial charge on any atom is 0.325 e. The predicted molar refractivity (Wildman–Crippen MR) is 72.2 cm³/mol. The first-order valence-electron chi connectivity index (χ1n) is 5.54. The van der Waals surface area contributed by atoms with E-state index in [1.807, 2.05) is 13.0 Å². The maximum absolute atomic E-state index is 10.9. The van der Waals surface area contributed by atoms with Crippen LogP contribution < -0.4 is 5.32 Å².